The van der Waals surface area contributed by atoms with E-state index in [9.17, 15) is 9.18 Å². The van der Waals surface area contributed by atoms with Crippen molar-refractivity contribution in [1.82, 2.24) is 19.7 Å². The van der Waals surface area contributed by atoms with Crippen molar-refractivity contribution in [2.24, 2.45) is 0 Å². The molecular weight excluding hydrogens is 451 g/mol. The zero-order valence-electron chi connectivity index (χ0n) is 19.5. The van der Waals surface area contributed by atoms with Crippen LogP contribution in [0.15, 0.2) is 48.5 Å². The molecule has 4 aromatic rings. The van der Waals surface area contributed by atoms with E-state index in [0.29, 0.717) is 12.1 Å². The normalized spacial score (nSPS) is 14.5. The highest BCUT2D eigenvalue weighted by Gasteiger charge is 2.24. The summed E-state index contributed by atoms with van der Waals surface area (Å²) >= 11 is 1.62. The Hall–Kier alpha value is -3.46. The number of hydrogen-bond acceptors (Lipinski definition) is 6. The van der Waals surface area contributed by atoms with Crippen molar-refractivity contribution < 1.29 is 9.18 Å². The third-order valence-electron chi connectivity index (χ3n) is 6.13. The predicted octanol–water partition coefficient (Wildman–Crippen LogP) is 4.35. The van der Waals surface area contributed by atoms with Crippen molar-refractivity contribution in [2.75, 3.05) is 50.1 Å². The Bertz CT molecular complexity index is 1310. The first-order valence-corrected chi connectivity index (χ1v) is 12.2. The summed E-state index contributed by atoms with van der Waals surface area (Å²) in [5.74, 6) is -0.209. The highest BCUT2D eigenvalue weighted by molar-refractivity contribution is 7.22. The molecule has 0 unspecified atom stereocenters. The van der Waals surface area contributed by atoms with Gasteiger partial charge in [-0.25, -0.2) is 9.07 Å². The van der Waals surface area contributed by atoms with Crippen LogP contribution in [0.4, 0.5) is 15.2 Å². The van der Waals surface area contributed by atoms with Crippen molar-refractivity contribution in [3.05, 3.63) is 65.6 Å². The number of anilines is 2. The van der Waals surface area contributed by atoms with E-state index >= 15 is 0 Å². The molecule has 0 aliphatic carbocycles. The van der Waals surface area contributed by atoms with Gasteiger partial charge in [-0.05, 0) is 61.9 Å². The fourth-order valence-corrected chi connectivity index (χ4v) is 5.26. The van der Waals surface area contributed by atoms with E-state index in [-0.39, 0.29) is 11.7 Å². The number of thiazole rings is 1. The van der Waals surface area contributed by atoms with Crippen LogP contribution in [0.3, 0.4) is 0 Å². The summed E-state index contributed by atoms with van der Waals surface area (Å²) in [5.41, 5.74) is 4.25. The fraction of sp³-hybridized carbons (Fsp3) is 0.320. The van der Waals surface area contributed by atoms with Crippen molar-refractivity contribution in [3.8, 4) is 5.69 Å². The van der Waals surface area contributed by atoms with Crippen LogP contribution in [-0.2, 0) is 0 Å². The summed E-state index contributed by atoms with van der Waals surface area (Å²) in [4.78, 5) is 24.2. The van der Waals surface area contributed by atoms with Crippen LogP contribution in [0.1, 0.15) is 22.5 Å². The number of amides is 1. The van der Waals surface area contributed by atoms with E-state index in [1.54, 1.807) is 28.2 Å². The first-order chi connectivity index (χ1) is 16.4. The summed E-state index contributed by atoms with van der Waals surface area (Å²) in [5, 5.41) is 5.53. The van der Waals surface area contributed by atoms with Gasteiger partial charge in [0.05, 0.1) is 16.1 Å². The molecule has 0 saturated carbocycles. The smallest absolute Gasteiger partial charge is 0.253 e. The van der Waals surface area contributed by atoms with Gasteiger partial charge in [0.1, 0.15) is 5.82 Å². The molecule has 0 atom stereocenters. The molecule has 2 aromatic heterocycles. The Morgan fingerprint density at radius 2 is 1.74 bits per heavy atom. The molecule has 2 aromatic carbocycles. The first kappa shape index (κ1) is 22.3. The first-order valence-electron chi connectivity index (χ1n) is 11.3. The molecular formula is C25H27FN6OS. The summed E-state index contributed by atoms with van der Waals surface area (Å²) in [6.45, 7) is 4.89. The standard InChI is InChI=1S/C25H27FN6OS/c1-17-22-23(32(28-17)21-11-7-19(26)8-12-21)27-25(34-22)31-14-4-13-30(15-16-31)24(33)18-5-9-20(10-6-18)29(2)3/h5-12H,4,13-16H2,1-3H3. The lowest BCUT2D eigenvalue weighted by Gasteiger charge is -2.22. The van der Waals surface area contributed by atoms with Crippen LogP contribution >= 0.6 is 11.3 Å². The maximum Gasteiger partial charge on any atom is 0.253 e. The number of benzene rings is 2. The minimum Gasteiger partial charge on any atom is -0.378 e. The number of nitrogens with zero attached hydrogens (tertiary/aromatic N) is 6. The molecule has 9 heteroatoms. The monoisotopic (exact) mass is 478 g/mol. The quantitative estimate of drug-likeness (QED) is 0.437. The molecule has 3 heterocycles. The van der Waals surface area contributed by atoms with Gasteiger partial charge in [0.15, 0.2) is 10.8 Å². The predicted molar refractivity (Wildman–Crippen MR) is 135 cm³/mol. The molecule has 0 radical (unpaired) electrons. The van der Waals surface area contributed by atoms with E-state index in [1.165, 1.54) is 12.1 Å². The van der Waals surface area contributed by atoms with E-state index < -0.39 is 0 Å². The van der Waals surface area contributed by atoms with Gasteiger partial charge >= 0.3 is 0 Å². The van der Waals surface area contributed by atoms with Crippen LogP contribution in [0.25, 0.3) is 16.0 Å². The van der Waals surface area contributed by atoms with E-state index in [1.807, 2.05) is 55.1 Å². The molecule has 1 amide bonds. The van der Waals surface area contributed by atoms with Crippen LogP contribution in [0.5, 0.6) is 0 Å². The van der Waals surface area contributed by atoms with Crippen LogP contribution in [-0.4, -0.2) is 65.8 Å². The van der Waals surface area contributed by atoms with Crippen molar-refractivity contribution >= 4 is 38.4 Å². The number of halogens is 1. The molecule has 0 spiro atoms. The second kappa shape index (κ2) is 9.06. The maximum atomic E-state index is 13.4. The Balaban J connectivity index is 1.33. The van der Waals surface area contributed by atoms with E-state index in [0.717, 1.165) is 58.6 Å². The highest BCUT2D eigenvalue weighted by Crippen LogP contribution is 2.33. The molecule has 176 valence electrons. The van der Waals surface area contributed by atoms with Gasteiger partial charge in [0.2, 0.25) is 0 Å². The minimum absolute atomic E-state index is 0.0688. The summed E-state index contributed by atoms with van der Waals surface area (Å²) < 4.78 is 16.2. The number of hydrogen-bond donors (Lipinski definition) is 0. The number of aryl methyl sites for hydroxylation is 1. The number of rotatable bonds is 4. The van der Waals surface area contributed by atoms with Gasteiger partial charge in [-0.3, -0.25) is 4.79 Å². The zero-order valence-corrected chi connectivity index (χ0v) is 20.3. The van der Waals surface area contributed by atoms with Gasteiger partial charge < -0.3 is 14.7 Å². The topological polar surface area (TPSA) is 57.5 Å². The van der Waals surface area contributed by atoms with Gasteiger partial charge in [0.25, 0.3) is 5.91 Å². The summed E-state index contributed by atoms with van der Waals surface area (Å²) in [7, 11) is 3.97. The Morgan fingerprint density at radius 1 is 1.00 bits per heavy atom. The number of carbonyl (C=O) groups is 1. The largest absolute Gasteiger partial charge is 0.378 e. The van der Waals surface area contributed by atoms with Gasteiger partial charge in [0, 0.05) is 51.5 Å². The third kappa shape index (κ3) is 4.23. The highest BCUT2D eigenvalue weighted by atomic mass is 32.1. The maximum absolute atomic E-state index is 13.4. The number of fused-ring (bicyclic) bond motifs is 1. The van der Waals surface area contributed by atoms with Crippen molar-refractivity contribution in [3.63, 3.8) is 0 Å². The molecule has 34 heavy (non-hydrogen) atoms. The average molecular weight is 479 g/mol. The van der Waals surface area contributed by atoms with Gasteiger partial charge in [-0.2, -0.15) is 10.1 Å². The van der Waals surface area contributed by atoms with Crippen LogP contribution < -0.4 is 9.80 Å². The average Bonchev–Trinajstić information content (AvgIpc) is 3.30. The molecule has 1 aliphatic heterocycles. The van der Waals surface area contributed by atoms with E-state index in [4.69, 9.17) is 4.98 Å². The van der Waals surface area contributed by atoms with Crippen molar-refractivity contribution in [1.29, 1.82) is 0 Å². The lowest BCUT2D eigenvalue weighted by Crippen LogP contribution is -2.35. The van der Waals surface area contributed by atoms with Crippen molar-refractivity contribution in [2.45, 2.75) is 13.3 Å². The molecule has 1 aliphatic rings. The Kier molecular flexibility index (Phi) is 5.95. The van der Waals surface area contributed by atoms with Gasteiger partial charge in [-0.15, -0.1) is 0 Å². The lowest BCUT2D eigenvalue weighted by atomic mass is 10.1. The minimum atomic E-state index is -0.278. The zero-order chi connectivity index (χ0) is 23.8. The molecule has 0 N–H and O–H groups in total. The van der Waals surface area contributed by atoms with Gasteiger partial charge in [-0.1, -0.05) is 11.3 Å². The second-order valence-corrected chi connectivity index (χ2v) is 9.67. The lowest BCUT2D eigenvalue weighted by molar-refractivity contribution is 0.0767. The van der Waals surface area contributed by atoms with Crippen LogP contribution in [0.2, 0.25) is 0 Å². The number of carbonyl (C=O) groups excluding carboxylic acids is 1. The third-order valence-corrected chi connectivity index (χ3v) is 7.35. The molecule has 7 nitrogen and oxygen atoms in total. The molecule has 5 rings (SSSR count). The molecule has 1 saturated heterocycles. The Labute approximate surface area is 202 Å². The van der Waals surface area contributed by atoms with Crippen LogP contribution in [0, 0.1) is 12.7 Å². The van der Waals surface area contributed by atoms with E-state index in [2.05, 4.69) is 10.00 Å². The fourth-order valence-electron chi connectivity index (χ4n) is 4.22. The summed E-state index contributed by atoms with van der Waals surface area (Å²) in [6.07, 6.45) is 0.876. The second-order valence-electron chi connectivity index (χ2n) is 8.70. The summed E-state index contributed by atoms with van der Waals surface area (Å²) in [6, 6.07) is 14.0. The molecule has 0 bridgehead atoms. The Morgan fingerprint density at radius 3 is 2.44 bits per heavy atom. The molecule has 1 fully saturated rings. The number of aromatic nitrogens is 3. The SMILES string of the molecule is Cc1nn(-c2ccc(F)cc2)c2nc(N3CCCN(C(=O)c4ccc(N(C)C)cc4)CC3)sc12.